The van der Waals surface area contributed by atoms with Crippen LogP contribution >= 0.6 is 0 Å². The zero-order chi connectivity index (χ0) is 32.7. The zero-order valence-electron chi connectivity index (χ0n) is 25.6. The van der Waals surface area contributed by atoms with Crippen LogP contribution in [0.15, 0.2) is 30.5 Å². The molecular weight excluding hydrogens is 617 g/mol. The van der Waals surface area contributed by atoms with Gasteiger partial charge in [-0.2, -0.15) is 9.97 Å². The SMILES string of the molecule is O=C(O)OCCc1c(F)ccc2cc(O)cc(-c3ncc4c(N5CCCNCC5)nc(OC[C@@]56CCCN5C[C@H](F)C6)nc4c3F)c12. The Morgan fingerprint density at radius 1 is 1.13 bits per heavy atom. The van der Waals surface area contributed by atoms with E-state index >= 15 is 8.78 Å². The average Bonchev–Trinajstić information content (AvgIpc) is 3.42. The summed E-state index contributed by atoms with van der Waals surface area (Å²) in [5.74, 6) is -1.20. The van der Waals surface area contributed by atoms with Crippen molar-refractivity contribution in [1.29, 1.82) is 0 Å². The molecule has 3 aliphatic rings. The number of ether oxygens (including phenoxy) is 2. The van der Waals surface area contributed by atoms with Gasteiger partial charge in [0.05, 0.1) is 17.5 Å². The normalized spacial score (nSPS) is 21.7. The largest absolute Gasteiger partial charge is 0.508 e. The first-order valence-corrected chi connectivity index (χ1v) is 15.9. The Balaban J connectivity index is 1.35. The van der Waals surface area contributed by atoms with Gasteiger partial charge in [0.2, 0.25) is 0 Å². The smallest absolute Gasteiger partial charge is 0.505 e. The molecule has 11 nitrogen and oxygen atoms in total. The summed E-state index contributed by atoms with van der Waals surface area (Å²) in [6.07, 6.45) is 1.81. The van der Waals surface area contributed by atoms with Crippen molar-refractivity contribution in [1.82, 2.24) is 25.2 Å². The molecule has 3 saturated heterocycles. The summed E-state index contributed by atoms with van der Waals surface area (Å²) in [7, 11) is 0. The number of phenols is 1. The van der Waals surface area contributed by atoms with Gasteiger partial charge >= 0.3 is 12.2 Å². The summed E-state index contributed by atoms with van der Waals surface area (Å²) >= 11 is 0. The number of halogens is 3. The van der Waals surface area contributed by atoms with Crippen molar-refractivity contribution in [2.45, 2.75) is 43.8 Å². The van der Waals surface area contributed by atoms with E-state index in [1.165, 1.54) is 30.5 Å². The van der Waals surface area contributed by atoms with Crippen LogP contribution < -0.4 is 15.0 Å². The van der Waals surface area contributed by atoms with Crippen molar-refractivity contribution >= 4 is 33.6 Å². The second kappa shape index (κ2) is 12.6. The summed E-state index contributed by atoms with van der Waals surface area (Å²) in [5.41, 5.74) is -0.517. The minimum Gasteiger partial charge on any atom is -0.508 e. The molecular formula is C33H35F3N6O5. The van der Waals surface area contributed by atoms with E-state index in [9.17, 15) is 14.3 Å². The molecule has 3 aliphatic heterocycles. The van der Waals surface area contributed by atoms with Gasteiger partial charge in [0.1, 0.15) is 41.4 Å². The number of aromatic hydroxyl groups is 1. The molecule has 248 valence electrons. The third kappa shape index (κ3) is 5.95. The standard InChI is InChI=1S/C33H35F3N6O5/c34-20-15-33(6-1-10-42(33)17-20)18-47-31-39-29-24(30(40-31)41-9-2-7-37-8-11-41)16-38-28(27(29)36)23-14-21(43)13-19-3-4-25(35)22(26(19)23)5-12-46-32(44)45/h3-4,13-14,16,20,37,43H,1-2,5-12,15,17-18H2,(H,44,45)/t20-,33+/m1/s1. The van der Waals surface area contributed by atoms with Crippen molar-refractivity contribution in [2.24, 2.45) is 0 Å². The van der Waals surface area contributed by atoms with Crippen LogP contribution in [0.25, 0.3) is 32.9 Å². The van der Waals surface area contributed by atoms with Crippen molar-refractivity contribution in [3.63, 3.8) is 0 Å². The Morgan fingerprint density at radius 2 is 2.00 bits per heavy atom. The van der Waals surface area contributed by atoms with Crippen molar-refractivity contribution in [2.75, 3.05) is 57.4 Å². The van der Waals surface area contributed by atoms with Crippen LogP contribution in [0.3, 0.4) is 0 Å². The van der Waals surface area contributed by atoms with Crippen molar-refractivity contribution in [3.05, 3.63) is 47.7 Å². The molecule has 0 spiro atoms. The molecule has 0 radical (unpaired) electrons. The fourth-order valence-electron chi connectivity index (χ4n) is 7.39. The molecule has 0 aliphatic carbocycles. The Labute approximate surface area is 268 Å². The molecule has 0 bridgehead atoms. The summed E-state index contributed by atoms with van der Waals surface area (Å²) in [6, 6.07) is 5.32. The van der Waals surface area contributed by atoms with Gasteiger partial charge in [0.15, 0.2) is 5.82 Å². The Bertz CT molecular complexity index is 1840. The monoisotopic (exact) mass is 652 g/mol. The zero-order valence-corrected chi connectivity index (χ0v) is 25.6. The number of phenolic OH excluding ortho intramolecular Hbond substituents is 1. The Morgan fingerprint density at radius 3 is 2.85 bits per heavy atom. The van der Waals surface area contributed by atoms with Gasteiger partial charge in [-0.15, -0.1) is 0 Å². The van der Waals surface area contributed by atoms with Crippen molar-refractivity contribution < 1.29 is 37.7 Å². The molecule has 0 amide bonds. The Kier molecular flexibility index (Phi) is 8.39. The van der Waals surface area contributed by atoms with Crippen LogP contribution in [-0.2, 0) is 11.2 Å². The third-order valence-electron chi connectivity index (χ3n) is 9.50. The van der Waals surface area contributed by atoms with E-state index in [2.05, 4.69) is 24.9 Å². The topological polar surface area (TPSA) is 133 Å². The molecule has 0 unspecified atom stereocenters. The van der Waals surface area contributed by atoms with Crippen LogP contribution in [0.2, 0.25) is 0 Å². The molecule has 3 N–H and O–H groups in total. The number of rotatable bonds is 8. The molecule has 4 aromatic rings. The van der Waals surface area contributed by atoms with E-state index in [0.29, 0.717) is 49.2 Å². The molecule has 14 heteroatoms. The molecule has 0 saturated carbocycles. The van der Waals surface area contributed by atoms with Gasteiger partial charge in [-0.05, 0) is 66.9 Å². The van der Waals surface area contributed by atoms with Gasteiger partial charge in [-0.1, -0.05) is 6.07 Å². The predicted molar refractivity (Wildman–Crippen MR) is 168 cm³/mol. The van der Waals surface area contributed by atoms with Gasteiger partial charge < -0.3 is 29.9 Å². The fraction of sp³-hybridized carbons (Fsp3) is 0.455. The molecule has 2 atom stereocenters. The highest BCUT2D eigenvalue weighted by Crippen LogP contribution is 2.42. The number of hydrogen-bond donors (Lipinski definition) is 3. The highest BCUT2D eigenvalue weighted by atomic mass is 19.1. The average molecular weight is 653 g/mol. The predicted octanol–water partition coefficient (Wildman–Crippen LogP) is 4.82. The number of aromatic nitrogens is 3. The lowest BCUT2D eigenvalue weighted by Crippen LogP contribution is -2.43. The van der Waals surface area contributed by atoms with Crippen LogP contribution in [0, 0.1) is 11.6 Å². The molecule has 2 aromatic heterocycles. The maximum atomic E-state index is 16.8. The minimum absolute atomic E-state index is 0.0393. The first-order valence-electron chi connectivity index (χ1n) is 15.9. The maximum Gasteiger partial charge on any atom is 0.505 e. The second-order valence-corrected chi connectivity index (χ2v) is 12.4. The number of nitrogens with zero attached hydrogens (tertiary/aromatic N) is 5. The Hall–Kier alpha value is -4.43. The number of alkyl halides is 1. The molecule has 47 heavy (non-hydrogen) atoms. The summed E-state index contributed by atoms with van der Waals surface area (Å²) in [4.78, 5) is 28.8. The van der Waals surface area contributed by atoms with Crippen molar-refractivity contribution in [3.8, 4) is 23.0 Å². The van der Waals surface area contributed by atoms with Crippen LogP contribution in [0.1, 0.15) is 31.2 Å². The summed E-state index contributed by atoms with van der Waals surface area (Å²) < 4.78 is 57.3. The van der Waals surface area contributed by atoms with Crippen LogP contribution in [0.5, 0.6) is 11.8 Å². The van der Waals surface area contributed by atoms with E-state index in [0.717, 1.165) is 32.4 Å². The van der Waals surface area contributed by atoms with Gasteiger partial charge in [-0.3, -0.25) is 9.88 Å². The highest BCUT2D eigenvalue weighted by Gasteiger charge is 2.49. The molecule has 7 rings (SSSR count). The number of fused-ring (bicyclic) bond motifs is 3. The number of carboxylic acid groups (broad SMARTS) is 1. The maximum absolute atomic E-state index is 16.8. The van der Waals surface area contributed by atoms with E-state index in [4.69, 9.17) is 14.8 Å². The van der Waals surface area contributed by atoms with Gasteiger partial charge in [-0.25, -0.2) is 18.0 Å². The van der Waals surface area contributed by atoms with Gasteiger partial charge in [0, 0.05) is 50.8 Å². The number of anilines is 1. The fourth-order valence-corrected chi connectivity index (χ4v) is 7.39. The summed E-state index contributed by atoms with van der Waals surface area (Å²) in [6.45, 7) is 3.77. The van der Waals surface area contributed by atoms with Gasteiger partial charge in [0.25, 0.3) is 0 Å². The molecule has 3 fully saturated rings. The summed E-state index contributed by atoms with van der Waals surface area (Å²) in [5, 5.41) is 23.9. The number of pyridine rings is 1. The van der Waals surface area contributed by atoms with Crippen LogP contribution in [0.4, 0.5) is 23.8 Å². The van der Waals surface area contributed by atoms with E-state index in [1.54, 1.807) is 0 Å². The number of carbonyl (C=O) groups is 1. The quantitative estimate of drug-likeness (QED) is 0.226. The number of nitrogens with one attached hydrogen (secondary N) is 1. The number of hydrogen-bond acceptors (Lipinski definition) is 10. The lowest BCUT2D eigenvalue weighted by molar-refractivity contribution is 0.0925. The lowest BCUT2D eigenvalue weighted by atomic mass is 9.94. The van der Waals surface area contributed by atoms with E-state index in [1.807, 2.05) is 4.90 Å². The number of benzene rings is 2. The lowest BCUT2D eigenvalue weighted by Gasteiger charge is -2.31. The van der Waals surface area contributed by atoms with E-state index in [-0.39, 0.29) is 59.1 Å². The first kappa shape index (κ1) is 31.2. The minimum atomic E-state index is -1.50. The third-order valence-corrected chi connectivity index (χ3v) is 9.50. The van der Waals surface area contributed by atoms with E-state index < -0.39 is 29.5 Å². The molecule has 2 aromatic carbocycles. The highest BCUT2D eigenvalue weighted by molar-refractivity contribution is 6.01. The first-order chi connectivity index (χ1) is 22.7. The molecule has 5 heterocycles. The van der Waals surface area contributed by atoms with Crippen LogP contribution in [-0.4, -0.2) is 100 Å². The second-order valence-electron chi connectivity index (χ2n) is 12.4.